The van der Waals surface area contributed by atoms with Crippen LogP contribution in [0.25, 0.3) is 0 Å². The van der Waals surface area contributed by atoms with Crippen molar-refractivity contribution in [2.45, 2.75) is 25.8 Å². The zero-order chi connectivity index (χ0) is 14.5. The Morgan fingerprint density at radius 3 is 2.55 bits per heavy atom. The van der Waals surface area contributed by atoms with Gasteiger partial charge in [-0.05, 0) is 33.0 Å². The van der Waals surface area contributed by atoms with E-state index in [9.17, 15) is 4.79 Å². The lowest BCUT2D eigenvalue weighted by Gasteiger charge is -2.22. The van der Waals surface area contributed by atoms with Crippen LogP contribution in [0.4, 0.5) is 0 Å². The van der Waals surface area contributed by atoms with Gasteiger partial charge in [-0.2, -0.15) is 0 Å². The Balaban J connectivity index is 1.73. The molecule has 3 heteroatoms. The first kappa shape index (κ1) is 15.2. The third-order valence-corrected chi connectivity index (χ3v) is 4.29. The van der Waals surface area contributed by atoms with Gasteiger partial charge in [0, 0.05) is 31.1 Å². The summed E-state index contributed by atoms with van der Waals surface area (Å²) >= 11 is 0. The molecule has 1 heterocycles. The molecule has 1 saturated heterocycles. The Morgan fingerprint density at radius 2 is 1.95 bits per heavy atom. The van der Waals surface area contributed by atoms with Gasteiger partial charge < -0.3 is 9.80 Å². The van der Waals surface area contributed by atoms with Gasteiger partial charge >= 0.3 is 0 Å². The SMILES string of the molecule is CC1CN(CCCC(=O)c2ccccc2)CC1N(C)C. The van der Waals surface area contributed by atoms with E-state index >= 15 is 0 Å². The molecule has 110 valence electrons. The molecule has 2 rings (SSSR count). The normalized spacial score (nSPS) is 23.4. The zero-order valence-corrected chi connectivity index (χ0v) is 12.9. The fraction of sp³-hybridized carbons (Fsp3) is 0.588. The quantitative estimate of drug-likeness (QED) is 0.745. The van der Waals surface area contributed by atoms with Gasteiger partial charge in [-0.15, -0.1) is 0 Å². The topological polar surface area (TPSA) is 23.6 Å². The van der Waals surface area contributed by atoms with Crippen LogP contribution in [-0.4, -0.2) is 55.4 Å². The second kappa shape index (κ2) is 7.00. The molecule has 1 aromatic carbocycles. The predicted octanol–water partition coefficient (Wildman–Crippen LogP) is 2.53. The maximum atomic E-state index is 12.0. The molecule has 0 spiro atoms. The van der Waals surface area contributed by atoms with Crippen molar-refractivity contribution in [3.05, 3.63) is 35.9 Å². The second-order valence-electron chi connectivity index (χ2n) is 6.16. The van der Waals surface area contributed by atoms with E-state index in [1.165, 1.54) is 0 Å². The van der Waals surface area contributed by atoms with E-state index in [4.69, 9.17) is 0 Å². The number of Topliss-reactive ketones (excluding diaryl/α,β-unsaturated/α-hetero) is 1. The van der Waals surface area contributed by atoms with Crippen LogP contribution in [0.1, 0.15) is 30.1 Å². The molecule has 1 aromatic rings. The highest BCUT2D eigenvalue weighted by molar-refractivity contribution is 5.95. The molecule has 0 aliphatic carbocycles. The molecule has 1 fully saturated rings. The van der Waals surface area contributed by atoms with Crippen LogP contribution in [0, 0.1) is 5.92 Å². The van der Waals surface area contributed by atoms with Crippen LogP contribution in [0.15, 0.2) is 30.3 Å². The maximum Gasteiger partial charge on any atom is 0.162 e. The molecule has 0 bridgehead atoms. The van der Waals surface area contributed by atoms with Crippen molar-refractivity contribution < 1.29 is 4.79 Å². The molecule has 1 aliphatic rings. The number of likely N-dealkylation sites (N-methyl/N-ethyl adjacent to an activating group) is 1. The number of hydrogen-bond acceptors (Lipinski definition) is 3. The van der Waals surface area contributed by atoms with E-state index in [1.807, 2.05) is 30.3 Å². The Hall–Kier alpha value is -1.19. The molecule has 1 aliphatic heterocycles. The molecular weight excluding hydrogens is 248 g/mol. The number of nitrogens with zero attached hydrogens (tertiary/aromatic N) is 2. The van der Waals surface area contributed by atoms with Crippen LogP contribution in [0.2, 0.25) is 0 Å². The van der Waals surface area contributed by atoms with Crippen LogP contribution < -0.4 is 0 Å². The van der Waals surface area contributed by atoms with Gasteiger partial charge in [0.15, 0.2) is 5.78 Å². The van der Waals surface area contributed by atoms with Crippen molar-refractivity contribution in [2.75, 3.05) is 33.7 Å². The number of carbonyl (C=O) groups excluding carboxylic acids is 1. The van der Waals surface area contributed by atoms with Crippen molar-refractivity contribution >= 4 is 5.78 Å². The third kappa shape index (κ3) is 3.90. The fourth-order valence-electron chi connectivity index (χ4n) is 3.13. The van der Waals surface area contributed by atoms with Crippen LogP contribution in [-0.2, 0) is 0 Å². The molecular formula is C17H26N2O. The summed E-state index contributed by atoms with van der Waals surface area (Å²) in [6, 6.07) is 10.3. The Bertz CT molecular complexity index is 430. The summed E-state index contributed by atoms with van der Waals surface area (Å²) in [5, 5.41) is 0. The highest BCUT2D eigenvalue weighted by Crippen LogP contribution is 2.20. The van der Waals surface area contributed by atoms with Crippen molar-refractivity contribution in [1.82, 2.24) is 9.80 Å². The lowest BCUT2D eigenvalue weighted by molar-refractivity contribution is 0.0975. The summed E-state index contributed by atoms with van der Waals surface area (Å²) in [7, 11) is 4.31. The monoisotopic (exact) mass is 274 g/mol. The molecule has 20 heavy (non-hydrogen) atoms. The minimum atomic E-state index is 0.266. The van der Waals surface area contributed by atoms with Gasteiger partial charge in [0.25, 0.3) is 0 Å². The lowest BCUT2D eigenvalue weighted by atomic mass is 10.1. The van der Waals surface area contributed by atoms with E-state index < -0.39 is 0 Å². The van der Waals surface area contributed by atoms with E-state index in [-0.39, 0.29) is 5.78 Å². The summed E-state index contributed by atoms with van der Waals surface area (Å²) < 4.78 is 0. The van der Waals surface area contributed by atoms with E-state index in [2.05, 4.69) is 30.8 Å². The van der Waals surface area contributed by atoms with Crippen molar-refractivity contribution in [3.8, 4) is 0 Å². The molecule has 0 N–H and O–H groups in total. The average molecular weight is 274 g/mol. The Morgan fingerprint density at radius 1 is 1.25 bits per heavy atom. The van der Waals surface area contributed by atoms with Gasteiger partial charge in [0.2, 0.25) is 0 Å². The minimum absolute atomic E-state index is 0.266. The summed E-state index contributed by atoms with van der Waals surface area (Å²) in [5.74, 6) is 0.983. The molecule has 3 nitrogen and oxygen atoms in total. The first-order valence-electron chi connectivity index (χ1n) is 7.55. The third-order valence-electron chi connectivity index (χ3n) is 4.29. The van der Waals surface area contributed by atoms with Crippen molar-refractivity contribution in [3.63, 3.8) is 0 Å². The van der Waals surface area contributed by atoms with Gasteiger partial charge in [-0.1, -0.05) is 37.3 Å². The van der Waals surface area contributed by atoms with Gasteiger partial charge in [-0.3, -0.25) is 4.79 Å². The van der Waals surface area contributed by atoms with E-state index in [0.717, 1.165) is 37.5 Å². The van der Waals surface area contributed by atoms with Crippen molar-refractivity contribution in [2.24, 2.45) is 5.92 Å². The number of benzene rings is 1. The van der Waals surface area contributed by atoms with Gasteiger partial charge in [0.1, 0.15) is 0 Å². The fourth-order valence-corrected chi connectivity index (χ4v) is 3.13. The summed E-state index contributed by atoms with van der Waals surface area (Å²) in [4.78, 5) is 16.8. The van der Waals surface area contributed by atoms with Crippen molar-refractivity contribution in [1.29, 1.82) is 0 Å². The molecule has 0 aromatic heterocycles. The van der Waals surface area contributed by atoms with Crippen LogP contribution in [0.3, 0.4) is 0 Å². The minimum Gasteiger partial charge on any atom is -0.305 e. The molecule has 2 unspecified atom stereocenters. The summed E-state index contributed by atoms with van der Waals surface area (Å²) in [5.41, 5.74) is 0.841. The zero-order valence-electron chi connectivity index (χ0n) is 12.9. The predicted molar refractivity (Wildman–Crippen MR) is 83.1 cm³/mol. The van der Waals surface area contributed by atoms with Crippen LogP contribution in [0.5, 0.6) is 0 Å². The Labute approximate surface area is 122 Å². The maximum absolute atomic E-state index is 12.0. The number of carbonyl (C=O) groups is 1. The highest BCUT2D eigenvalue weighted by atomic mass is 16.1. The van der Waals surface area contributed by atoms with E-state index in [0.29, 0.717) is 12.5 Å². The van der Waals surface area contributed by atoms with Crippen LogP contribution >= 0.6 is 0 Å². The Kier molecular flexibility index (Phi) is 5.32. The summed E-state index contributed by atoms with van der Waals surface area (Å²) in [6.07, 6.45) is 1.61. The van der Waals surface area contributed by atoms with Gasteiger partial charge in [-0.25, -0.2) is 0 Å². The molecule has 0 radical (unpaired) electrons. The first-order valence-corrected chi connectivity index (χ1v) is 7.55. The van der Waals surface area contributed by atoms with E-state index in [1.54, 1.807) is 0 Å². The lowest BCUT2D eigenvalue weighted by Crippen LogP contribution is -2.34. The first-order chi connectivity index (χ1) is 9.58. The average Bonchev–Trinajstić information content (AvgIpc) is 2.81. The number of rotatable bonds is 6. The molecule has 2 atom stereocenters. The smallest absolute Gasteiger partial charge is 0.162 e. The number of likely N-dealkylation sites (tertiary alicyclic amines) is 1. The summed E-state index contributed by atoms with van der Waals surface area (Å²) in [6.45, 7) is 5.64. The second-order valence-corrected chi connectivity index (χ2v) is 6.16. The highest BCUT2D eigenvalue weighted by Gasteiger charge is 2.30. The standard InChI is InChI=1S/C17H26N2O/c1-14-12-19(13-16(14)18(2)3)11-7-10-17(20)15-8-5-4-6-9-15/h4-6,8-9,14,16H,7,10-13H2,1-3H3. The largest absolute Gasteiger partial charge is 0.305 e. The molecule has 0 saturated carbocycles. The number of hydrogen-bond donors (Lipinski definition) is 0. The van der Waals surface area contributed by atoms with Gasteiger partial charge in [0.05, 0.1) is 0 Å². The molecule has 0 amide bonds. The number of ketones is 1.